The predicted octanol–water partition coefficient (Wildman–Crippen LogP) is 6.28. The first-order chi connectivity index (χ1) is 15.9. The Labute approximate surface area is 204 Å². The highest BCUT2D eigenvalue weighted by molar-refractivity contribution is 7.80. The average molecular weight is 470 g/mol. The highest BCUT2D eigenvalue weighted by Crippen LogP contribution is 2.39. The summed E-state index contributed by atoms with van der Waals surface area (Å²) in [5, 5.41) is 0. The molecule has 4 nitrogen and oxygen atoms in total. The van der Waals surface area contributed by atoms with E-state index in [0.717, 1.165) is 62.1 Å². The lowest BCUT2D eigenvalue weighted by molar-refractivity contribution is -0.125. The second-order valence-electron chi connectivity index (χ2n) is 9.36. The molecular weight excluding hydrogens is 430 g/mol. The minimum atomic E-state index is -0.361. The molecule has 3 aliphatic rings. The lowest BCUT2D eigenvalue weighted by atomic mass is 9.72. The molecule has 3 atom stereocenters. The molecule has 0 aromatic heterocycles. The minimum Gasteiger partial charge on any atom is -0.456 e. The van der Waals surface area contributed by atoms with Gasteiger partial charge in [0.15, 0.2) is 11.6 Å². The number of likely N-dealkylation sites (N-methyl/N-ethyl adjacent to an activating group) is 1. The molecule has 180 valence electrons. The summed E-state index contributed by atoms with van der Waals surface area (Å²) in [7, 11) is 0. The number of ketones is 2. The van der Waals surface area contributed by atoms with Gasteiger partial charge in [-0.25, -0.2) is 0 Å². The molecule has 33 heavy (non-hydrogen) atoms. The van der Waals surface area contributed by atoms with Gasteiger partial charge in [0.05, 0.1) is 11.8 Å². The predicted molar refractivity (Wildman–Crippen MR) is 138 cm³/mol. The SMILES string of the molecule is CCCCC1C(=O)C(=C2C=C(C)C3=CCC(N(CC)CC)C=C3O2)C(=O)C(CCCC)C1=S. The normalized spacial score (nSPS) is 25.6. The van der Waals surface area contributed by atoms with Crippen LogP contribution in [0.1, 0.15) is 79.6 Å². The van der Waals surface area contributed by atoms with Gasteiger partial charge in [0.1, 0.15) is 17.1 Å². The monoisotopic (exact) mass is 469 g/mol. The molecule has 2 aliphatic carbocycles. The zero-order valence-corrected chi connectivity index (χ0v) is 21.7. The van der Waals surface area contributed by atoms with Gasteiger partial charge >= 0.3 is 0 Å². The van der Waals surface area contributed by atoms with Crippen LogP contribution in [0.5, 0.6) is 0 Å². The number of carbonyl (C=O) groups excluding carboxylic acids is 2. The highest BCUT2D eigenvalue weighted by Gasteiger charge is 2.44. The van der Waals surface area contributed by atoms with Crippen LogP contribution < -0.4 is 0 Å². The Balaban J connectivity index is 2.04. The maximum atomic E-state index is 13.6. The zero-order chi connectivity index (χ0) is 24.1. The van der Waals surface area contributed by atoms with Gasteiger partial charge in [-0.1, -0.05) is 71.7 Å². The van der Waals surface area contributed by atoms with E-state index in [1.54, 1.807) is 0 Å². The Morgan fingerprint density at radius 1 is 1.00 bits per heavy atom. The summed E-state index contributed by atoms with van der Waals surface area (Å²) in [6.07, 6.45) is 12.5. The van der Waals surface area contributed by atoms with Crippen LogP contribution >= 0.6 is 12.2 Å². The van der Waals surface area contributed by atoms with Gasteiger partial charge in [-0.3, -0.25) is 14.5 Å². The maximum Gasteiger partial charge on any atom is 0.178 e. The summed E-state index contributed by atoms with van der Waals surface area (Å²) in [4.78, 5) is 30.2. The second-order valence-corrected chi connectivity index (χ2v) is 9.83. The molecule has 0 amide bonds. The second kappa shape index (κ2) is 11.5. The van der Waals surface area contributed by atoms with Crippen molar-refractivity contribution < 1.29 is 14.3 Å². The number of thiocarbonyl (C=S) groups is 1. The van der Waals surface area contributed by atoms with Gasteiger partial charge < -0.3 is 4.74 Å². The van der Waals surface area contributed by atoms with E-state index in [-0.39, 0.29) is 35.0 Å². The fraction of sp³-hybridized carbons (Fsp3) is 0.607. The molecule has 0 aromatic rings. The van der Waals surface area contributed by atoms with Crippen molar-refractivity contribution in [3.8, 4) is 0 Å². The largest absolute Gasteiger partial charge is 0.456 e. The molecule has 1 fully saturated rings. The summed E-state index contributed by atoms with van der Waals surface area (Å²) in [5.41, 5.74) is 2.34. The van der Waals surface area contributed by atoms with Crippen LogP contribution in [0.4, 0.5) is 0 Å². The van der Waals surface area contributed by atoms with Gasteiger partial charge in [0.25, 0.3) is 0 Å². The van der Waals surface area contributed by atoms with Crippen molar-refractivity contribution in [1.29, 1.82) is 0 Å². The number of hydrogen-bond acceptors (Lipinski definition) is 5. The van der Waals surface area contributed by atoms with Crippen LogP contribution in [0, 0.1) is 11.8 Å². The molecule has 3 rings (SSSR count). The topological polar surface area (TPSA) is 46.6 Å². The lowest BCUT2D eigenvalue weighted by Gasteiger charge is -2.34. The van der Waals surface area contributed by atoms with Crippen LogP contribution in [0.2, 0.25) is 0 Å². The number of carbonyl (C=O) groups is 2. The first kappa shape index (κ1) is 25.8. The summed E-state index contributed by atoms with van der Waals surface area (Å²) in [5.74, 6) is 0.171. The Kier molecular flexibility index (Phi) is 9.00. The number of fused-ring (bicyclic) bond motifs is 1. The van der Waals surface area contributed by atoms with E-state index in [1.165, 1.54) is 0 Å². The number of allylic oxidation sites excluding steroid dienone is 3. The number of hydrogen-bond donors (Lipinski definition) is 0. The van der Waals surface area contributed by atoms with Crippen LogP contribution in [-0.2, 0) is 14.3 Å². The van der Waals surface area contributed by atoms with E-state index in [1.807, 2.05) is 13.0 Å². The van der Waals surface area contributed by atoms with Crippen molar-refractivity contribution in [3.63, 3.8) is 0 Å². The molecule has 0 aromatic carbocycles. The molecule has 0 radical (unpaired) electrons. The van der Waals surface area contributed by atoms with Crippen LogP contribution in [0.3, 0.4) is 0 Å². The van der Waals surface area contributed by atoms with Crippen LogP contribution in [-0.4, -0.2) is 40.5 Å². The summed E-state index contributed by atoms with van der Waals surface area (Å²) in [6.45, 7) is 12.5. The summed E-state index contributed by atoms with van der Waals surface area (Å²) < 4.78 is 6.34. The first-order valence-electron chi connectivity index (χ1n) is 12.8. The molecule has 1 aliphatic heterocycles. The van der Waals surface area contributed by atoms with Crippen molar-refractivity contribution in [1.82, 2.24) is 4.90 Å². The molecule has 0 N–H and O–H groups in total. The van der Waals surface area contributed by atoms with Crippen LogP contribution in [0.15, 0.2) is 46.5 Å². The number of rotatable bonds is 9. The van der Waals surface area contributed by atoms with E-state index in [9.17, 15) is 9.59 Å². The highest BCUT2D eigenvalue weighted by atomic mass is 32.1. The number of ether oxygens (including phenoxy) is 1. The van der Waals surface area contributed by atoms with Gasteiger partial charge in [-0.05, 0) is 57.0 Å². The van der Waals surface area contributed by atoms with Crippen molar-refractivity contribution in [2.75, 3.05) is 13.1 Å². The lowest BCUT2D eigenvalue weighted by Crippen LogP contribution is -2.43. The molecule has 1 heterocycles. The third kappa shape index (κ3) is 5.30. The standard InChI is InChI=1S/C28H39NO3S/c1-6-10-12-21-26(30)25(27(31)22(28(21)33)13-11-7-2)24-16-18(5)20-15-14-19(17-23(20)32-24)29(8-3)9-4/h15-17,19,21-22H,6-14H2,1-5H3. The van der Waals surface area contributed by atoms with Gasteiger partial charge in [0.2, 0.25) is 0 Å². The van der Waals surface area contributed by atoms with Gasteiger partial charge in [0, 0.05) is 16.5 Å². The Hall–Kier alpha value is -1.85. The zero-order valence-electron chi connectivity index (χ0n) is 20.9. The maximum absolute atomic E-state index is 13.6. The molecule has 3 unspecified atom stereocenters. The molecule has 5 heteroatoms. The Morgan fingerprint density at radius 3 is 2.09 bits per heavy atom. The van der Waals surface area contributed by atoms with E-state index >= 15 is 0 Å². The van der Waals surface area contributed by atoms with Gasteiger partial charge in [-0.2, -0.15) is 0 Å². The molecule has 0 bridgehead atoms. The quantitative estimate of drug-likeness (QED) is 0.226. The van der Waals surface area contributed by atoms with E-state index < -0.39 is 0 Å². The summed E-state index contributed by atoms with van der Waals surface area (Å²) in [6, 6.07) is 0.260. The fourth-order valence-electron chi connectivity index (χ4n) is 5.19. The van der Waals surface area contributed by atoms with E-state index in [4.69, 9.17) is 17.0 Å². The minimum absolute atomic E-state index is 0.144. The Morgan fingerprint density at radius 2 is 1.58 bits per heavy atom. The first-order valence-corrected chi connectivity index (χ1v) is 13.2. The number of nitrogens with zero attached hydrogens (tertiary/aromatic N) is 1. The van der Waals surface area contributed by atoms with E-state index in [2.05, 4.69) is 44.7 Å². The molecule has 0 spiro atoms. The van der Waals surface area contributed by atoms with Gasteiger partial charge in [-0.15, -0.1) is 0 Å². The number of unbranched alkanes of at least 4 members (excludes halogenated alkanes) is 2. The third-order valence-corrected chi connectivity index (χ3v) is 7.77. The van der Waals surface area contributed by atoms with Crippen molar-refractivity contribution in [2.24, 2.45) is 11.8 Å². The number of Topliss-reactive ketones (excluding diaryl/α,β-unsaturated/α-hetero) is 2. The fourth-order valence-corrected chi connectivity index (χ4v) is 5.64. The van der Waals surface area contributed by atoms with Crippen molar-refractivity contribution in [2.45, 2.75) is 85.6 Å². The van der Waals surface area contributed by atoms with Crippen molar-refractivity contribution in [3.05, 3.63) is 46.5 Å². The summed E-state index contributed by atoms with van der Waals surface area (Å²) >= 11 is 5.72. The molecular formula is C28H39NO3S. The van der Waals surface area contributed by atoms with Crippen LogP contribution in [0.25, 0.3) is 0 Å². The van der Waals surface area contributed by atoms with E-state index in [0.29, 0.717) is 23.5 Å². The molecule has 0 saturated heterocycles. The smallest absolute Gasteiger partial charge is 0.178 e. The third-order valence-electron chi connectivity index (χ3n) is 7.20. The average Bonchev–Trinajstić information content (AvgIpc) is 2.79. The van der Waals surface area contributed by atoms with Crippen molar-refractivity contribution >= 4 is 28.6 Å². The Bertz CT molecular complexity index is 887. The molecule has 1 saturated carbocycles.